The third kappa shape index (κ3) is 1.62. The highest BCUT2D eigenvalue weighted by molar-refractivity contribution is 7.11. The fourth-order valence-electron chi connectivity index (χ4n) is 1.53. The number of methoxy groups -OCH3 is 1. The van der Waals surface area contributed by atoms with E-state index in [0.717, 1.165) is 16.9 Å². The molecule has 80 valence electrons. The van der Waals surface area contributed by atoms with Gasteiger partial charge in [-0.25, -0.2) is 0 Å². The molecule has 0 bridgehead atoms. The van der Waals surface area contributed by atoms with Crippen molar-refractivity contribution in [2.45, 2.75) is 0 Å². The first-order valence-corrected chi connectivity index (χ1v) is 5.56. The largest absolute Gasteiger partial charge is 0.496 e. The number of rotatable bonds is 2. The normalized spacial score (nSPS) is 9.75. The molecule has 1 aromatic carbocycles. The first-order valence-electron chi connectivity index (χ1n) is 4.68. The molecule has 0 saturated carbocycles. The van der Waals surface area contributed by atoms with Gasteiger partial charge in [0.2, 0.25) is 0 Å². The maximum atomic E-state index is 8.85. The molecule has 2 rings (SSSR count). The van der Waals surface area contributed by atoms with Crippen molar-refractivity contribution in [3.63, 3.8) is 0 Å². The van der Waals surface area contributed by atoms with Gasteiger partial charge in [0.05, 0.1) is 12.8 Å². The third-order valence-corrected chi connectivity index (χ3v) is 3.23. The van der Waals surface area contributed by atoms with E-state index >= 15 is 0 Å². The van der Waals surface area contributed by atoms with Crippen molar-refractivity contribution in [1.29, 1.82) is 5.26 Å². The smallest absolute Gasteiger partial charge is 0.128 e. The van der Waals surface area contributed by atoms with Gasteiger partial charge in [-0.3, -0.25) is 0 Å². The van der Waals surface area contributed by atoms with Crippen LogP contribution in [0.15, 0.2) is 29.6 Å². The van der Waals surface area contributed by atoms with E-state index < -0.39 is 0 Å². The first kappa shape index (κ1) is 10.5. The highest BCUT2D eigenvalue weighted by atomic mass is 32.1. The number of benzene rings is 1. The van der Waals surface area contributed by atoms with Gasteiger partial charge < -0.3 is 10.5 Å². The fraction of sp³-hybridized carbons (Fsp3) is 0.0833. The van der Waals surface area contributed by atoms with Gasteiger partial charge in [0.25, 0.3) is 0 Å². The summed E-state index contributed by atoms with van der Waals surface area (Å²) >= 11 is 1.35. The topological polar surface area (TPSA) is 59.0 Å². The Bertz CT molecular complexity index is 554. The van der Waals surface area contributed by atoms with E-state index in [1.807, 2.05) is 29.6 Å². The second kappa shape index (κ2) is 4.25. The summed E-state index contributed by atoms with van der Waals surface area (Å²) in [6, 6.07) is 9.69. The average molecular weight is 230 g/mol. The van der Waals surface area contributed by atoms with Gasteiger partial charge in [-0.2, -0.15) is 5.26 Å². The summed E-state index contributed by atoms with van der Waals surface area (Å²) in [5.74, 6) is 0.761. The van der Waals surface area contributed by atoms with Crippen molar-refractivity contribution in [2.75, 3.05) is 12.8 Å². The Morgan fingerprint density at radius 1 is 1.31 bits per heavy atom. The van der Waals surface area contributed by atoms with Crippen LogP contribution in [0.25, 0.3) is 11.1 Å². The summed E-state index contributed by atoms with van der Waals surface area (Å²) in [6.07, 6.45) is 0. The Kier molecular flexibility index (Phi) is 2.80. The number of hydrogen-bond donors (Lipinski definition) is 1. The van der Waals surface area contributed by atoms with E-state index in [0.29, 0.717) is 10.6 Å². The molecule has 2 N–H and O–H groups in total. The second-order valence-electron chi connectivity index (χ2n) is 3.20. The molecule has 1 aromatic heterocycles. The number of hydrogen-bond acceptors (Lipinski definition) is 4. The summed E-state index contributed by atoms with van der Waals surface area (Å²) in [6.45, 7) is 0. The maximum Gasteiger partial charge on any atom is 0.128 e. The molecule has 0 amide bonds. The van der Waals surface area contributed by atoms with Crippen LogP contribution < -0.4 is 10.5 Å². The molecule has 3 nitrogen and oxygen atoms in total. The van der Waals surface area contributed by atoms with Crippen molar-refractivity contribution >= 4 is 17.0 Å². The zero-order valence-electron chi connectivity index (χ0n) is 8.73. The summed E-state index contributed by atoms with van der Waals surface area (Å²) < 4.78 is 5.26. The Labute approximate surface area is 97.7 Å². The lowest BCUT2D eigenvalue weighted by molar-refractivity contribution is 0.416. The Balaban J connectivity index is 2.59. The molecule has 0 fully saturated rings. The lowest BCUT2D eigenvalue weighted by Crippen LogP contribution is -1.91. The van der Waals surface area contributed by atoms with Gasteiger partial charge in [0.15, 0.2) is 0 Å². The van der Waals surface area contributed by atoms with E-state index in [4.69, 9.17) is 15.7 Å². The molecule has 0 aliphatic carbocycles. The van der Waals surface area contributed by atoms with Crippen LogP contribution in [0, 0.1) is 11.3 Å². The monoisotopic (exact) mass is 230 g/mol. The van der Waals surface area contributed by atoms with Crippen LogP contribution in [0.1, 0.15) is 4.88 Å². The number of nitriles is 1. The minimum Gasteiger partial charge on any atom is -0.496 e. The molecule has 0 saturated heterocycles. The fourth-order valence-corrected chi connectivity index (χ4v) is 2.31. The second-order valence-corrected chi connectivity index (χ2v) is 4.08. The lowest BCUT2D eigenvalue weighted by atomic mass is 10.1. The van der Waals surface area contributed by atoms with Gasteiger partial charge in [-0.05, 0) is 6.07 Å². The van der Waals surface area contributed by atoms with Gasteiger partial charge >= 0.3 is 0 Å². The van der Waals surface area contributed by atoms with Gasteiger partial charge in [-0.1, -0.05) is 18.2 Å². The van der Waals surface area contributed by atoms with Crippen molar-refractivity contribution < 1.29 is 4.74 Å². The molecule has 1 heterocycles. The zero-order chi connectivity index (χ0) is 11.5. The van der Waals surface area contributed by atoms with Crippen LogP contribution in [-0.4, -0.2) is 7.11 Å². The molecular formula is C12H10N2OS. The van der Waals surface area contributed by atoms with E-state index in [1.54, 1.807) is 7.11 Å². The third-order valence-electron chi connectivity index (χ3n) is 2.33. The van der Waals surface area contributed by atoms with Gasteiger partial charge in [-0.15, -0.1) is 11.3 Å². The summed E-state index contributed by atoms with van der Waals surface area (Å²) in [7, 11) is 1.62. The SMILES string of the molecule is COc1ccccc1-c1csc(C#N)c1N. The van der Waals surface area contributed by atoms with Crippen LogP contribution in [-0.2, 0) is 0 Å². The number of ether oxygens (including phenoxy) is 1. The number of nitrogen functional groups attached to an aromatic ring is 1. The molecular weight excluding hydrogens is 220 g/mol. The van der Waals surface area contributed by atoms with Crippen molar-refractivity contribution in [2.24, 2.45) is 0 Å². The van der Waals surface area contributed by atoms with E-state index in [2.05, 4.69) is 6.07 Å². The van der Waals surface area contributed by atoms with E-state index in [-0.39, 0.29) is 0 Å². The number of thiophene rings is 1. The molecule has 0 atom stereocenters. The van der Waals surface area contributed by atoms with Crippen LogP contribution in [0.5, 0.6) is 5.75 Å². The Hall–Kier alpha value is -1.99. The van der Waals surface area contributed by atoms with Crippen LogP contribution >= 0.6 is 11.3 Å². The van der Waals surface area contributed by atoms with E-state index in [9.17, 15) is 0 Å². The molecule has 2 aromatic rings. The number of nitrogens with zero attached hydrogens (tertiary/aromatic N) is 1. The molecule has 4 heteroatoms. The van der Waals surface area contributed by atoms with Crippen LogP contribution in [0.2, 0.25) is 0 Å². The lowest BCUT2D eigenvalue weighted by Gasteiger charge is -2.07. The average Bonchev–Trinajstić information content (AvgIpc) is 2.70. The van der Waals surface area contributed by atoms with Crippen LogP contribution in [0.3, 0.4) is 0 Å². The standard InChI is InChI=1S/C12H10N2OS/c1-15-10-5-3-2-4-8(10)9-7-16-11(6-13)12(9)14/h2-5,7H,14H2,1H3. The summed E-state index contributed by atoms with van der Waals surface area (Å²) in [5.41, 5.74) is 8.20. The van der Waals surface area contributed by atoms with Gasteiger partial charge in [0.1, 0.15) is 16.7 Å². The Morgan fingerprint density at radius 3 is 2.69 bits per heavy atom. The molecule has 0 spiro atoms. The molecule has 16 heavy (non-hydrogen) atoms. The van der Waals surface area contributed by atoms with Crippen molar-refractivity contribution in [1.82, 2.24) is 0 Å². The highest BCUT2D eigenvalue weighted by Gasteiger charge is 2.13. The van der Waals surface area contributed by atoms with Crippen molar-refractivity contribution in [3.8, 4) is 22.9 Å². The quantitative estimate of drug-likeness (QED) is 0.863. The number of para-hydroxylation sites is 1. The maximum absolute atomic E-state index is 8.85. The predicted octanol–water partition coefficient (Wildman–Crippen LogP) is 2.88. The predicted molar refractivity (Wildman–Crippen MR) is 65.4 cm³/mol. The molecule has 0 aliphatic heterocycles. The number of anilines is 1. The van der Waals surface area contributed by atoms with Gasteiger partial charge in [0, 0.05) is 16.5 Å². The van der Waals surface area contributed by atoms with Crippen molar-refractivity contribution in [3.05, 3.63) is 34.5 Å². The zero-order valence-corrected chi connectivity index (χ0v) is 9.54. The highest BCUT2D eigenvalue weighted by Crippen LogP contribution is 2.38. The summed E-state index contributed by atoms with van der Waals surface area (Å²) in [4.78, 5) is 0.543. The van der Waals surface area contributed by atoms with E-state index in [1.165, 1.54) is 11.3 Å². The first-order chi connectivity index (χ1) is 7.77. The minimum atomic E-state index is 0.525. The minimum absolute atomic E-state index is 0.525. The molecule has 0 unspecified atom stereocenters. The van der Waals surface area contributed by atoms with Crippen LogP contribution in [0.4, 0.5) is 5.69 Å². The summed E-state index contributed by atoms with van der Waals surface area (Å²) in [5, 5.41) is 10.7. The molecule has 0 radical (unpaired) electrons. The molecule has 0 aliphatic rings. The Morgan fingerprint density at radius 2 is 2.06 bits per heavy atom. The number of nitrogens with two attached hydrogens (primary N) is 1.